The number of aromatic nitrogens is 1. The summed E-state index contributed by atoms with van der Waals surface area (Å²) in [5.41, 5.74) is 1.21. The lowest BCUT2D eigenvalue weighted by Crippen LogP contribution is -1.60. The molecule has 0 aliphatic carbocycles. The molecule has 0 amide bonds. The fourth-order valence-electron chi connectivity index (χ4n) is 1.00. The molecule has 0 atom stereocenters. The minimum atomic E-state index is 1.21. The van der Waals surface area contributed by atoms with Crippen LogP contribution in [0.25, 0.3) is 12.2 Å². The van der Waals surface area contributed by atoms with E-state index in [0.717, 1.165) is 0 Å². The van der Waals surface area contributed by atoms with Gasteiger partial charge in [-0.15, -0.1) is 11.3 Å². The van der Waals surface area contributed by atoms with Crippen molar-refractivity contribution in [3.63, 3.8) is 0 Å². The van der Waals surface area contributed by atoms with Gasteiger partial charge in [0.1, 0.15) is 0 Å². The first kappa shape index (κ1) is 7.37. The molecule has 2 aromatic rings. The van der Waals surface area contributed by atoms with E-state index >= 15 is 0 Å². The minimum Gasteiger partial charge on any atom is -0.367 e. The molecule has 0 aliphatic rings. The number of aromatic amines is 1. The lowest BCUT2D eigenvalue weighted by molar-refractivity contribution is 1.41. The summed E-state index contributed by atoms with van der Waals surface area (Å²) in [5, 5.41) is 2.08. The van der Waals surface area contributed by atoms with E-state index in [1.807, 2.05) is 18.5 Å². The molecule has 2 heteroatoms. The van der Waals surface area contributed by atoms with Crippen LogP contribution in [0.1, 0.15) is 10.4 Å². The van der Waals surface area contributed by atoms with Crippen LogP contribution in [0.5, 0.6) is 0 Å². The zero-order valence-electron chi connectivity index (χ0n) is 6.53. The Bertz CT molecular complexity index is 307. The van der Waals surface area contributed by atoms with E-state index in [1.165, 1.54) is 10.4 Å². The minimum absolute atomic E-state index is 1.21. The molecule has 0 bridgehead atoms. The van der Waals surface area contributed by atoms with Gasteiger partial charge in [0.25, 0.3) is 0 Å². The largest absolute Gasteiger partial charge is 0.367 e. The first-order chi connectivity index (χ1) is 5.95. The number of nitrogens with one attached hydrogen (secondary N) is 1. The molecule has 0 fully saturated rings. The van der Waals surface area contributed by atoms with Crippen LogP contribution in [0, 0.1) is 0 Å². The molecule has 0 unspecified atom stereocenters. The summed E-state index contributed by atoms with van der Waals surface area (Å²) >= 11 is 1.75. The van der Waals surface area contributed by atoms with Crippen molar-refractivity contribution in [1.82, 2.24) is 4.98 Å². The van der Waals surface area contributed by atoms with Gasteiger partial charge in [-0.05, 0) is 29.2 Å². The summed E-state index contributed by atoms with van der Waals surface area (Å²) in [6, 6.07) is 6.21. The predicted molar refractivity (Wildman–Crippen MR) is 54.0 cm³/mol. The van der Waals surface area contributed by atoms with Gasteiger partial charge in [0.15, 0.2) is 0 Å². The molecule has 12 heavy (non-hydrogen) atoms. The van der Waals surface area contributed by atoms with Gasteiger partial charge >= 0.3 is 0 Å². The van der Waals surface area contributed by atoms with Gasteiger partial charge in [-0.25, -0.2) is 0 Å². The third-order valence-electron chi connectivity index (χ3n) is 1.61. The normalized spacial score (nSPS) is 11.0. The molecule has 1 nitrogen and oxygen atoms in total. The Morgan fingerprint density at radius 2 is 2.25 bits per heavy atom. The fraction of sp³-hybridized carbons (Fsp3) is 0. The van der Waals surface area contributed by atoms with Crippen molar-refractivity contribution in [3.8, 4) is 0 Å². The van der Waals surface area contributed by atoms with Crippen molar-refractivity contribution in [2.24, 2.45) is 0 Å². The highest BCUT2D eigenvalue weighted by atomic mass is 32.1. The van der Waals surface area contributed by atoms with Gasteiger partial charge in [-0.2, -0.15) is 0 Å². The van der Waals surface area contributed by atoms with E-state index in [2.05, 4.69) is 34.6 Å². The van der Waals surface area contributed by atoms with Crippen LogP contribution in [0.15, 0.2) is 36.0 Å². The van der Waals surface area contributed by atoms with E-state index in [-0.39, 0.29) is 0 Å². The Labute approximate surface area is 75.4 Å². The Kier molecular flexibility index (Phi) is 2.10. The second kappa shape index (κ2) is 3.41. The number of H-pyrrole nitrogens is 1. The summed E-state index contributed by atoms with van der Waals surface area (Å²) in [6.45, 7) is 0. The van der Waals surface area contributed by atoms with E-state index < -0.39 is 0 Å². The van der Waals surface area contributed by atoms with Gasteiger partial charge in [0, 0.05) is 17.3 Å². The average molecular weight is 175 g/mol. The summed E-state index contributed by atoms with van der Waals surface area (Å²) in [4.78, 5) is 4.30. The monoisotopic (exact) mass is 175 g/mol. The van der Waals surface area contributed by atoms with Crippen molar-refractivity contribution in [2.75, 3.05) is 0 Å². The molecular formula is C10H9NS. The van der Waals surface area contributed by atoms with E-state index in [9.17, 15) is 0 Å². The molecule has 1 N–H and O–H groups in total. The van der Waals surface area contributed by atoms with E-state index in [1.54, 1.807) is 11.3 Å². The molecule has 0 saturated carbocycles. The summed E-state index contributed by atoms with van der Waals surface area (Å²) in [6.07, 6.45) is 8.12. The van der Waals surface area contributed by atoms with Crippen LogP contribution < -0.4 is 0 Å². The van der Waals surface area contributed by atoms with E-state index in [0.29, 0.717) is 0 Å². The standard InChI is InChI=1S/C10H9NS/c1-2-10(12-7-1)4-3-9-5-6-11-8-9/h1-8,11H/b4-3+. The highest BCUT2D eigenvalue weighted by molar-refractivity contribution is 7.10. The summed E-state index contributed by atoms with van der Waals surface area (Å²) < 4.78 is 0. The fourth-order valence-corrected chi connectivity index (χ4v) is 1.62. The van der Waals surface area contributed by atoms with Crippen LogP contribution in [-0.2, 0) is 0 Å². The van der Waals surface area contributed by atoms with Crippen molar-refractivity contribution < 1.29 is 0 Å². The molecule has 2 aromatic heterocycles. The zero-order valence-corrected chi connectivity index (χ0v) is 7.34. The van der Waals surface area contributed by atoms with Gasteiger partial charge in [0.05, 0.1) is 0 Å². The third-order valence-corrected chi connectivity index (χ3v) is 2.44. The second-order valence-electron chi connectivity index (χ2n) is 2.49. The van der Waals surface area contributed by atoms with Crippen molar-refractivity contribution in [2.45, 2.75) is 0 Å². The van der Waals surface area contributed by atoms with Crippen LogP contribution in [0.2, 0.25) is 0 Å². The Morgan fingerprint density at radius 3 is 2.92 bits per heavy atom. The lowest BCUT2D eigenvalue weighted by Gasteiger charge is -1.82. The van der Waals surface area contributed by atoms with Gasteiger partial charge in [-0.1, -0.05) is 12.1 Å². The lowest BCUT2D eigenvalue weighted by atomic mass is 10.3. The highest BCUT2D eigenvalue weighted by Gasteiger charge is 1.86. The average Bonchev–Trinajstić information content (AvgIpc) is 2.74. The molecular weight excluding hydrogens is 166 g/mol. The van der Waals surface area contributed by atoms with Gasteiger partial charge in [-0.3, -0.25) is 0 Å². The molecule has 0 saturated heterocycles. The molecule has 2 heterocycles. The number of rotatable bonds is 2. The third kappa shape index (κ3) is 1.66. The predicted octanol–water partition coefficient (Wildman–Crippen LogP) is 3.25. The molecule has 0 aromatic carbocycles. The molecule has 2 rings (SSSR count). The van der Waals surface area contributed by atoms with Gasteiger partial charge < -0.3 is 4.98 Å². The van der Waals surface area contributed by atoms with E-state index in [4.69, 9.17) is 0 Å². The highest BCUT2D eigenvalue weighted by Crippen LogP contribution is 2.12. The van der Waals surface area contributed by atoms with Crippen molar-refractivity contribution >= 4 is 23.5 Å². The van der Waals surface area contributed by atoms with Crippen LogP contribution in [0.4, 0.5) is 0 Å². The van der Waals surface area contributed by atoms with Crippen molar-refractivity contribution in [1.29, 1.82) is 0 Å². The second-order valence-corrected chi connectivity index (χ2v) is 3.47. The molecule has 0 radical (unpaired) electrons. The zero-order chi connectivity index (χ0) is 8.23. The Hall–Kier alpha value is -1.28. The molecule has 0 spiro atoms. The summed E-state index contributed by atoms with van der Waals surface area (Å²) in [5.74, 6) is 0. The van der Waals surface area contributed by atoms with Crippen molar-refractivity contribution in [3.05, 3.63) is 46.4 Å². The van der Waals surface area contributed by atoms with Crippen LogP contribution in [0.3, 0.4) is 0 Å². The van der Waals surface area contributed by atoms with Gasteiger partial charge in [0.2, 0.25) is 0 Å². The Morgan fingerprint density at radius 1 is 1.25 bits per heavy atom. The first-order valence-electron chi connectivity index (χ1n) is 3.79. The number of hydrogen-bond acceptors (Lipinski definition) is 1. The molecule has 0 aliphatic heterocycles. The van der Waals surface area contributed by atoms with Crippen LogP contribution in [-0.4, -0.2) is 4.98 Å². The maximum atomic E-state index is 3.01. The number of hydrogen-bond donors (Lipinski definition) is 1. The first-order valence-corrected chi connectivity index (χ1v) is 4.67. The topological polar surface area (TPSA) is 15.8 Å². The maximum Gasteiger partial charge on any atom is 0.0270 e. The maximum absolute atomic E-state index is 3.01. The SMILES string of the molecule is C(=C\c1cccs1)/c1cc[nH]c1. The quantitative estimate of drug-likeness (QED) is 0.721. The Balaban J connectivity index is 2.14. The van der Waals surface area contributed by atoms with Crippen LogP contribution >= 0.6 is 11.3 Å². The smallest absolute Gasteiger partial charge is 0.0270 e. The summed E-state index contributed by atoms with van der Waals surface area (Å²) in [7, 11) is 0. The number of thiophene rings is 1. The molecule has 60 valence electrons.